The number of halogens is 1. The second-order valence-electron chi connectivity index (χ2n) is 5.59. The molecule has 1 aromatic heterocycles. The number of fused-ring (bicyclic) bond motifs is 1. The van der Waals surface area contributed by atoms with Crippen molar-refractivity contribution in [1.29, 1.82) is 0 Å². The number of carbonyl (C=O) groups is 2. The zero-order chi connectivity index (χ0) is 18.7. The standard InChI is InChI=1S/C19H15ClN2O4/c1-26-19(25)12-2-5-14(6-3-12)21-18(24)11-22-9-8-17(23)15-10-13(20)4-7-16(15)22/h2-10H,11H2,1H3,(H,21,24). The fourth-order valence-electron chi connectivity index (χ4n) is 2.58. The predicted octanol–water partition coefficient (Wildman–Crippen LogP) is 3.08. The molecule has 3 aromatic rings. The van der Waals surface area contributed by atoms with Crippen molar-refractivity contribution in [3.05, 3.63) is 75.5 Å². The van der Waals surface area contributed by atoms with Crippen LogP contribution >= 0.6 is 11.6 Å². The molecular weight excluding hydrogens is 356 g/mol. The molecule has 3 rings (SSSR count). The van der Waals surface area contributed by atoms with Crippen LogP contribution in [-0.2, 0) is 16.1 Å². The number of methoxy groups -OCH3 is 1. The van der Waals surface area contributed by atoms with Crippen molar-refractivity contribution in [1.82, 2.24) is 4.57 Å². The van der Waals surface area contributed by atoms with E-state index in [4.69, 9.17) is 11.6 Å². The quantitative estimate of drug-likeness (QED) is 0.716. The topological polar surface area (TPSA) is 77.4 Å². The van der Waals surface area contributed by atoms with E-state index in [1.807, 2.05) is 0 Å². The van der Waals surface area contributed by atoms with Crippen molar-refractivity contribution in [2.45, 2.75) is 6.54 Å². The van der Waals surface area contributed by atoms with Gasteiger partial charge in [-0.05, 0) is 42.5 Å². The van der Waals surface area contributed by atoms with Gasteiger partial charge in [-0.2, -0.15) is 0 Å². The number of nitrogens with zero attached hydrogens (tertiary/aromatic N) is 1. The zero-order valence-corrected chi connectivity index (χ0v) is 14.6. The number of hydrogen-bond acceptors (Lipinski definition) is 4. The summed E-state index contributed by atoms with van der Waals surface area (Å²) in [4.78, 5) is 35.7. The molecule has 1 N–H and O–H groups in total. The Morgan fingerprint density at radius 3 is 2.54 bits per heavy atom. The van der Waals surface area contributed by atoms with Gasteiger partial charge in [-0.3, -0.25) is 9.59 Å². The first-order valence-electron chi connectivity index (χ1n) is 7.75. The van der Waals surface area contributed by atoms with Crippen molar-refractivity contribution in [3.63, 3.8) is 0 Å². The molecule has 0 saturated heterocycles. The summed E-state index contributed by atoms with van der Waals surface area (Å²) in [5.41, 5.74) is 1.42. The summed E-state index contributed by atoms with van der Waals surface area (Å²) in [6.07, 6.45) is 1.57. The van der Waals surface area contributed by atoms with Gasteiger partial charge in [0.05, 0.1) is 18.2 Å². The molecule has 0 radical (unpaired) electrons. The van der Waals surface area contributed by atoms with Crippen LogP contribution in [0.2, 0.25) is 5.02 Å². The minimum Gasteiger partial charge on any atom is -0.465 e. The summed E-state index contributed by atoms with van der Waals surface area (Å²) < 4.78 is 6.30. The second kappa shape index (κ2) is 7.41. The number of rotatable bonds is 4. The average molecular weight is 371 g/mol. The number of anilines is 1. The lowest BCUT2D eigenvalue weighted by molar-refractivity contribution is -0.116. The monoisotopic (exact) mass is 370 g/mol. The van der Waals surface area contributed by atoms with Gasteiger partial charge < -0.3 is 14.6 Å². The Labute approximate surface area is 154 Å². The van der Waals surface area contributed by atoms with Gasteiger partial charge in [0.2, 0.25) is 5.91 Å². The number of ether oxygens (including phenoxy) is 1. The Hall–Kier alpha value is -3.12. The third-order valence-electron chi connectivity index (χ3n) is 3.84. The fourth-order valence-corrected chi connectivity index (χ4v) is 2.76. The van der Waals surface area contributed by atoms with Gasteiger partial charge >= 0.3 is 5.97 Å². The van der Waals surface area contributed by atoms with Crippen molar-refractivity contribution in [3.8, 4) is 0 Å². The first kappa shape index (κ1) is 17.7. The van der Waals surface area contributed by atoms with E-state index in [9.17, 15) is 14.4 Å². The van der Waals surface area contributed by atoms with E-state index in [-0.39, 0.29) is 17.9 Å². The molecule has 0 atom stereocenters. The van der Waals surface area contributed by atoms with Crippen LogP contribution < -0.4 is 10.7 Å². The van der Waals surface area contributed by atoms with Gasteiger partial charge in [-0.1, -0.05) is 11.6 Å². The van der Waals surface area contributed by atoms with Crippen molar-refractivity contribution in [2.24, 2.45) is 0 Å². The average Bonchev–Trinajstić information content (AvgIpc) is 2.64. The lowest BCUT2D eigenvalue weighted by Gasteiger charge is -2.11. The molecule has 132 valence electrons. The Balaban J connectivity index is 1.78. The van der Waals surface area contributed by atoms with E-state index >= 15 is 0 Å². The zero-order valence-electron chi connectivity index (χ0n) is 13.9. The van der Waals surface area contributed by atoms with Crippen molar-refractivity contribution in [2.75, 3.05) is 12.4 Å². The molecule has 0 bridgehead atoms. The molecule has 0 saturated carbocycles. The Bertz CT molecular complexity index is 1040. The minimum atomic E-state index is -0.443. The Morgan fingerprint density at radius 1 is 1.12 bits per heavy atom. The summed E-state index contributed by atoms with van der Waals surface area (Å²) in [7, 11) is 1.31. The molecule has 26 heavy (non-hydrogen) atoms. The Kier molecular flexibility index (Phi) is 5.04. The van der Waals surface area contributed by atoms with Crippen LogP contribution in [0.3, 0.4) is 0 Å². The first-order chi connectivity index (χ1) is 12.5. The lowest BCUT2D eigenvalue weighted by Crippen LogP contribution is -2.20. The van der Waals surface area contributed by atoms with Crippen molar-refractivity contribution >= 4 is 40.1 Å². The normalized spacial score (nSPS) is 10.5. The van der Waals surface area contributed by atoms with E-state index in [1.54, 1.807) is 53.2 Å². The van der Waals surface area contributed by atoms with Crippen molar-refractivity contribution < 1.29 is 14.3 Å². The van der Waals surface area contributed by atoms with Crippen LogP contribution in [0.5, 0.6) is 0 Å². The number of pyridine rings is 1. The molecule has 2 aromatic carbocycles. The molecule has 1 amide bonds. The SMILES string of the molecule is COC(=O)c1ccc(NC(=O)Cn2ccc(=O)c3cc(Cl)ccc32)cc1. The molecule has 6 nitrogen and oxygen atoms in total. The number of aromatic nitrogens is 1. The molecular formula is C19H15ClN2O4. The summed E-state index contributed by atoms with van der Waals surface area (Å²) in [6.45, 7) is 0.0250. The van der Waals surface area contributed by atoms with Crippen LogP contribution in [0, 0.1) is 0 Å². The van der Waals surface area contributed by atoms with Gasteiger partial charge in [-0.25, -0.2) is 4.79 Å². The van der Waals surface area contributed by atoms with E-state index in [2.05, 4.69) is 10.1 Å². The van der Waals surface area contributed by atoms with Crippen LogP contribution in [0.25, 0.3) is 10.9 Å². The number of amides is 1. The molecule has 1 heterocycles. The summed E-state index contributed by atoms with van der Waals surface area (Å²) in [6, 6.07) is 12.7. The molecule has 0 aliphatic rings. The van der Waals surface area contributed by atoms with E-state index in [0.717, 1.165) is 0 Å². The summed E-state index contributed by atoms with van der Waals surface area (Å²) in [5.74, 6) is -0.711. The van der Waals surface area contributed by atoms with Gasteiger partial charge in [0, 0.05) is 28.4 Å². The molecule has 0 aliphatic heterocycles. The van der Waals surface area contributed by atoms with Crippen LogP contribution in [0.4, 0.5) is 5.69 Å². The summed E-state index contributed by atoms with van der Waals surface area (Å²) in [5, 5.41) is 3.66. The first-order valence-corrected chi connectivity index (χ1v) is 8.12. The van der Waals surface area contributed by atoms with Gasteiger partial charge in [0.1, 0.15) is 6.54 Å². The van der Waals surface area contributed by atoms with Gasteiger partial charge in [0.25, 0.3) is 0 Å². The van der Waals surface area contributed by atoms with Gasteiger partial charge in [-0.15, -0.1) is 0 Å². The largest absolute Gasteiger partial charge is 0.465 e. The molecule has 0 fully saturated rings. The maximum absolute atomic E-state index is 12.3. The number of hydrogen-bond donors (Lipinski definition) is 1. The summed E-state index contributed by atoms with van der Waals surface area (Å²) >= 11 is 5.94. The number of carbonyl (C=O) groups excluding carboxylic acids is 2. The molecule has 0 aliphatic carbocycles. The minimum absolute atomic E-state index is 0.0250. The predicted molar refractivity (Wildman–Crippen MR) is 99.6 cm³/mol. The highest BCUT2D eigenvalue weighted by Crippen LogP contribution is 2.17. The number of esters is 1. The maximum atomic E-state index is 12.3. The highest BCUT2D eigenvalue weighted by atomic mass is 35.5. The Morgan fingerprint density at radius 2 is 1.85 bits per heavy atom. The molecule has 0 unspecified atom stereocenters. The smallest absolute Gasteiger partial charge is 0.337 e. The van der Waals surface area contributed by atoms with Crippen LogP contribution in [0.1, 0.15) is 10.4 Å². The fraction of sp³-hybridized carbons (Fsp3) is 0.105. The van der Waals surface area contributed by atoms with E-state index in [1.165, 1.54) is 13.2 Å². The van der Waals surface area contributed by atoms with E-state index < -0.39 is 5.97 Å². The highest BCUT2D eigenvalue weighted by Gasteiger charge is 2.09. The maximum Gasteiger partial charge on any atom is 0.337 e. The second-order valence-corrected chi connectivity index (χ2v) is 6.02. The number of benzene rings is 2. The van der Waals surface area contributed by atoms with E-state index in [0.29, 0.717) is 27.2 Å². The van der Waals surface area contributed by atoms with Gasteiger partial charge in [0.15, 0.2) is 5.43 Å². The van der Waals surface area contributed by atoms with Crippen LogP contribution in [0.15, 0.2) is 59.5 Å². The third-order valence-corrected chi connectivity index (χ3v) is 4.08. The molecule has 0 spiro atoms. The van der Waals surface area contributed by atoms with Crippen LogP contribution in [-0.4, -0.2) is 23.6 Å². The molecule has 7 heteroatoms. The number of nitrogens with one attached hydrogen (secondary N) is 1. The highest BCUT2D eigenvalue weighted by molar-refractivity contribution is 6.31. The lowest BCUT2D eigenvalue weighted by atomic mass is 10.2. The third kappa shape index (κ3) is 3.75.